The summed E-state index contributed by atoms with van der Waals surface area (Å²) in [6.07, 6.45) is 0. The van der Waals surface area contributed by atoms with Crippen LogP contribution in [0.25, 0.3) is 0 Å². The van der Waals surface area contributed by atoms with Crippen LogP contribution in [0, 0.1) is 0 Å². The topological polar surface area (TPSA) is 81.7 Å². The van der Waals surface area contributed by atoms with Gasteiger partial charge in [0.25, 0.3) is 0 Å². The zero-order chi connectivity index (χ0) is 17.5. The molecule has 1 unspecified atom stereocenters. The number of carbonyl (C=O) groups is 3. The number of nitrogens with one attached hydrogen (secondary N) is 1. The first kappa shape index (κ1) is 18.7. The van der Waals surface area contributed by atoms with Gasteiger partial charge in [-0.2, -0.15) is 0 Å². The Morgan fingerprint density at radius 2 is 1.48 bits per heavy atom. The van der Waals surface area contributed by atoms with Crippen molar-refractivity contribution in [2.24, 2.45) is 0 Å². The van der Waals surface area contributed by atoms with E-state index in [0.29, 0.717) is 0 Å². The summed E-state index contributed by atoms with van der Waals surface area (Å²) in [7, 11) is 0. The number of carbonyl (C=O) groups excluding carboxylic acids is 3. The molecule has 1 aromatic rings. The average Bonchev–Trinajstić information content (AvgIpc) is 2.49. The Hall–Kier alpha value is -2.37. The Labute approximate surface area is 136 Å². The molecule has 0 saturated heterocycles. The minimum absolute atomic E-state index is 0.0920. The summed E-state index contributed by atoms with van der Waals surface area (Å²) in [5.74, 6) is -1.48. The fourth-order valence-corrected chi connectivity index (χ4v) is 2.34. The average molecular weight is 321 g/mol. The van der Waals surface area contributed by atoms with E-state index in [9.17, 15) is 14.4 Å². The summed E-state index contributed by atoms with van der Waals surface area (Å²) in [6, 6.07) is 9.45. The zero-order valence-electron chi connectivity index (χ0n) is 13.9. The molecule has 0 spiro atoms. The number of ether oxygens (including phenoxy) is 2. The van der Waals surface area contributed by atoms with Crippen molar-refractivity contribution in [1.29, 1.82) is 0 Å². The lowest BCUT2D eigenvalue weighted by atomic mass is 9.81. The molecule has 126 valence electrons. The van der Waals surface area contributed by atoms with E-state index in [1.165, 1.54) is 20.8 Å². The van der Waals surface area contributed by atoms with Crippen molar-refractivity contribution < 1.29 is 23.9 Å². The molecule has 23 heavy (non-hydrogen) atoms. The quantitative estimate of drug-likeness (QED) is 0.774. The van der Waals surface area contributed by atoms with Gasteiger partial charge >= 0.3 is 11.9 Å². The number of hydrogen-bond donors (Lipinski definition) is 1. The van der Waals surface area contributed by atoms with Gasteiger partial charge in [0.1, 0.15) is 18.8 Å². The molecule has 0 aromatic heterocycles. The molecular formula is C17H23NO5. The summed E-state index contributed by atoms with van der Waals surface area (Å²) >= 11 is 0. The van der Waals surface area contributed by atoms with Crippen molar-refractivity contribution in [3.8, 4) is 0 Å². The Morgan fingerprint density at radius 1 is 1.00 bits per heavy atom. The minimum Gasteiger partial charge on any atom is -0.463 e. The van der Waals surface area contributed by atoms with Gasteiger partial charge in [0.05, 0.1) is 0 Å². The molecule has 0 fully saturated rings. The molecule has 0 saturated carbocycles. The first-order chi connectivity index (χ1) is 10.8. The Bertz CT molecular complexity index is 537. The number of amides is 1. The van der Waals surface area contributed by atoms with Gasteiger partial charge in [-0.25, -0.2) is 0 Å². The maximum atomic E-state index is 11.7. The van der Waals surface area contributed by atoms with Crippen molar-refractivity contribution in [3.63, 3.8) is 0 Å². The predicted octanol–water partition coefficient (Wildman–Crippen LogP) is 1.79. The first-order valence-electron chi connectivity index (χ1n) is 7.37. The monoisotopic (exact) mass is 321 g/mol. The molecule has 0 aliphatic rings. The van der Waals surface area contributed by atoms with Gasteiger partial charge < -0.3 is 14.8 Å². The summed E-state index contributed by atoms with van der Waals surface area (Å²) in [5.41, 5.74) is -0.106. The van der Waals surface area contributed by atoms with Crippen molar-refractivity contribution in [2.45, 2.75) is 39.2 Å². The van der Waals surface area contributed by atoms with Crippen LogP contribution in [0.1, 0.15) is 39.2 Å². The van der Waals surface area contributed by atoms with Crippen LogP contribution in [0.5, 0.6) is 0 Å². The maximum absolute atomic E-state index is 11.7. The molecule has 0 radical (unpaired) electrons. The van der Waals surface area contributed by atoms with E-state index in [2.05, 4.69) is 5.32 Å². The number of hydrogen-bond acceptors (Lipinski definition) is 5. The molecule has 1 aromatic carbocycles. The molecule has 6 nitrogen and oxygen atoms in total. The van der Waals surface area contributed by atoms with Gasteiger partial charge in [-0.05, 0) is 5.56 Å². The lowest BCUT2D eigenvalue weighted by Gasteiger charge is -2.38. The third-order valence-corrected chi connectivity index (χ3v) is 3.62. The Balaban J connectivity index is 3.18. The van der Waals surface area contributed by atoms with Gasteiger partial charge in [-0.15, -0.1) is 0 Å². The fraction of sp³-hybridized carbons (Fsp3) is 0.471. The standard InChI is InChI=1S/C17H23NO5/c1-12(16-8-6-5-7-9-16)17(18-13(2)19,10-22-14(3)20)11-23-15(4)21/h5-9,12H,10-11H2,1-4H3,(H,18,19). The largest absolute Gasteiger partial charge is 0.463 e. The van der Waals surface area contributed by atoms with Crippen molar-refractivity contribution in [1.82, 2.24) is 5.32 Å². The van der Waals surface area contributed by atoms with E-state index in [-0.39, 0.29) is 25.0 Å². The smallest absolute Gasteiger partial charge is 0.302 e. The van der Waals surface area contributed by atoms with E-state index in [1.54, 1.807) is 0 Å². The molecule has 6 heteroatoms. The SMILES string of the molecule is CC(=O)NC(COC(C)=O)(COC(C)=O)C(C)c1ccccc1. The van der Waals surface area contributed by atoms with Crippen LogP contribution in [0.3, 0.4) is 0 Å². The van der Waals surface area contributed by atoms with Gasteiger partial charge in [0.2, 0.25) is 5.91 Å². The third kappa shape index (κ3) is 5.73. The summed E-state index contributed by atoms with van der Waals surface area (Å²) in [6.45, 7) is 5.65. The van der Waals surface area contributed by atoms with Crippen molar-refractivity contribution in [2.75, 3.05) is 13.2 Å². The second-order valence-electron chi connectivity index (χ2n) is 5.53. The number of esters is 2. The normalized spacial score (nSPS) is 12.2. The first-order valence-corrected chi connectivity index (χ1v) is 7.37. The van der Waals surface area contributed by atoms with Crippen LogP contribution in [0.15, 0.2) is 30.3 Å². The van der Waals surface area contributed by atoms with E-state index in [1.807, 2.05) is 37.3 Å². The fourth-order valence-electron chi connectivity index (χ4n) is 2.34. The molecule has 0 bridgehead atoms. The van der Waals surface area contributed by atoms with E-state index in [4.69, 9.17) is 9.47 Å². The highest BCUT2D eigenvalue weighted by molar-refractivity contribution is 5.74. The van der Waals surface area contributed by atoms with Crippen molar-refractivity contribution >= 4 is 17.8 Å². The summed E-state index contributed by atoms with van der Waals surface area (Å²) < 4.78 is 10.3. The van der Waals surface area contributed by atoms with Gasteiger partial charge in [-0.3, -0.25) is 14.4 Å². The van der Waals surface area contributed by atoms with Gasteiger partial charge in [0, 0.05) is 26.7 Å². The van der Waals surface area contributed by atoms with E-state index >= 15 is 0 Å². The van der Waals surface area contributed by atoms with Crippen LogP contribution in [0.4, 0.5) is 0 Å². The van der Waals surface area contributed by atoms with Crippen LogP contribution < -0.4 is 5.32 Å². The van der Waals surface area contributed by atoms with Crippen LogP contribution in [0.2, 0.25) is 0 Å². The minimum atomic E-state index is -1.04. The molecule has 1 amide bonds. The highest BCUT2D eigenvalue weighted by Crippen LogP contribution is 2.29. The number of rotatable bonds is 7. The summed E-state index contributed by atoms with van der Waals surface area (Å²) in [4.78, 5) is 34.2. The molecule has 0 aliphatic carbocycles. The zero-order valence-corrected chi connectivity index (χ0v) is 13.9. The van der Waals surface area contributed by atoms with Gasteiger partial charge in [-0.1, -0.05) is 37.3 Å². The van der Waals surface area contributed by atoms with Gasteiger partial charge in [0.15, 0.2) is 0 Å². The molecule has 0 aliphatic heterocycles. The maximum Gasteiger partial charge on any atom is 0.302 e. The molecule has 1 N–H and O–H groups in total. The predicted molar refractivity (Wildman–Crippen MR) is 84.7 cm³/mol. The van der Waals surface area contributed by atoms with E-state index < -0.39 is 17.5 Å². The second kappa shape index (κ2) is 8.31. The Morgan fingerprint density at radius 3 is 1.87 bits per heavy atom. The number of benzene rings is 1. The lowest BCUT2D eigenvalue weighted by Crippen LogP contribution is -2.58. The molecular weight excluding hydrogens is 298 g/mol. The highest BCUT2D eigenvalue weighted by Gasteiger charge is 2.40. The highest BCUT2D eigenvalue weighted by atomic mass is 16.5. The molecule has 1 rings (SSSR count). The Kier molecular flexibility index (Phi) is 6.75. The van der Waals surface area contributed by atoms with Crippen LogP contribution in [-0.4, -0.2) is 36.6 Å². The van der Waals surface area contributed by atoms with Crippen LogP contribution in [-0.2, 0) is 23.9 Å². The molecule has 1 atom stereocenters. The third-order valence-electron chi connectivity index (χ3n) is 3.62. The lowest BCUT2D eigenvalue weighted by molar-refractivity contribution is -0.151. The van der Waals surface area contributed by atoms with Crippen molar-refractivity contribution in [3.05, 3.63) is 35.9 Å². The summed E-state index contributed by atoms with van der Waals surface area (Å²) in [5, 5.41) is 2.81. The van der Waals surface area contributed by atoms with E-state index in [0.717, 1.165) is 5.56 Å². The molecule has 0 heterocycles. The van der Waals surface area contributed by atoms with Crippen LogP contribution >= 0.6 is 0 Å². The second-order valence-corrected chi connectivity index (χ2v) is 5.53.